The van der Waals surface area contributed by atoms with E-state index in [1.54, 1.807) is 4.90 Å². The summed E-state index contributed by atoms with van der Waals surface area (Å²) in [7, 11) is 0. The lowest BCUT2D eigenvalue weighted by molar-refractivity contribution is -0.122. The molecule has 1 fully saturated rings. The van der Waals surface area contributed by atoms with Crippen LogP contribution in [0.3, 0.4) is 0 Å². The average Bonchev–Trinajstić information content (AvgIpc) is 3.10. The van der Waals surface area contributed by atoms with Gasteiger partial charge in [-0.15, -0.1) is 0 Å². The zero-order chi connectivity index (χ0) is 23.0. The van der Waals surface area contributed by atoms with E-state index in [1.165, 1.54) is 17.3 Å². The highest BCUT2D eigenvalue weighted by atomic mass is 32.2. The fourth-order valence-corrected chi connectivity index (χ4v) is 4.78. The molecule has 1 aliphatic heterocycles. The first kappa shape index (κ1) is 23.1. The molecule has 0 unspecified atom stereocenters. The second-order valence-corrected chi connectivity index (χ2v) is 9.16. The summed E-state index contributed by atoms with van der Waals surface area (Å²) in [6, 6.07) is 25.8. The molecule has 3 aromatic rings. The SMILES string of the molecule is CCOc1cc(/C=C2\SC(=S)N(CCc3ccccc3)C2=O)ccc1OCc1ccccc1. The molecule has 33 heavy (non-hydrogen) atoms. The molecule has 4 rings (SSSR count). The van der Waals surface area contributed by atoms with E-state index in [-0.39, 0.29) is 5.91 Å². The lowest BCUT2D eigenvalue weighted by Gasteiger charge is -2.14. The van der Waals surface area contributed by atoms with Crippen molar-refractivity contribution >= 4 is 40.3 Å². The predicted molar refractivity (Wildman–Crippen MR) is 138 cm³/mol. The van der Waals surface area contributed by atoms with Crippen LogP contribution in [0.15, 0.2) is 83.8 Å². The summed E-state index contributed by atoms with van der Waals surface area (Å²) >= 11 is 6.82. The van der Waals surface area contributed by atoms with Crippen LogP contribution in [0.1, 0.15) is 23.6 Å². The smallest absolute Gasteiger partial charge is 0.266 e. The number of hydrogen-bond donors (Lipinski definition) is 0. The number of hydrogen-bond acceptors (Lipinski definition) is 5. The van der Waals surface area contributed by atoms with E-state index in [1.807, 2.05) is 79.7 Å². The first-order valence-electron chi connectivity index (χ1n) is 10.9. The number of benzene rings is 3. The molecule has 1 aliphatic rings. The zero-order valence-electron chi connectivity index (χ0n) is 18.4. The minimum atomic E-state index is -0.0525. The van der Waals surface area contributed by atoms with Crippen molar-refractivity contribution in [3.05, 3.63) is 100 Å². The van der Waals surface area contributed by atoms with E-state index >= 15 is 0 Å². The van der Waals surface area contributed by atoms with Gasteiger partial charge in [0, 0.05) is 6.54 Å². The zero-order valence-corrected chi connectivity index (χ0v) is 20.0. The first-order chi connectivity index (χ1) is 16.1. The predicted octanol–water partition coefficient (Wildman–Crippen LogP) is 6.11. The normalized spacial score (nSPS) is 14.7. The Kier molecular flexibility index (Phi) is 7.81. The van der Waals surface area contributed by atoms with Crippen LogP contribution >= 0.6 is 24.0 Å². The van der Waals surface area contributed by atoms with Crippen LogP contribution in [0.5, 0.6) is 11.5 Å². The molecule has 0 spiro atoms. The van der Waals surface area contributed by atoms with E-state index in [9.17, 15) is 4.79 Å². The Hall–Kier alpha value is -3.09. The van der Waals surface area contributed by atoms with Crippen molar-refractivity contribution < 1.29 is 14.3 Å². The molecule has 0 aliphatic carbocycles. The van der Waals surface area contributed by atoms with Crippen LogP contribution in [-0.2, 0) is 17.8 Å². The highest BCUT2D eigenvalue weighted by Gasteiger charge is 2.31. The molecule has 0 aromatic heterocycles. The summed E-state index contributed by atoms with van der Waals surface area (Å²) in [5, 5.41) is 0. The summed E-state index contributed by atoms with van der Waals surface area (Å²) in [6.45, 7) is 3.49. The van der Waals surface area contributed by atoms with Gasteiger partial charge in [0.25, 0.3) is 5.91 Å². The van der Waals surface area contributed by atoms with Crippen LogP contribution in [0, 0.1) is 0 Å². The third-order valence-electron chi connectivity index (χ3n) is 5.14. The largest absolute Gasteiger partial charge is 0.490 e. The van der Waals surface area contributed by atoms with E-state index in [4.69, 9.17) is 21.7 Å². The molecule has 0 atom stereocenters. The van der Waals surface area contributed by atoms with Crippen molar-refractivity contribution in [1.29, 1.82) is 0 Å². The van der Waals surface area contributed by atoms with Gasteiger partial charge in [0.2, 0.25) is 0 Å². The molecule has 4 nitrogen and oxygen atoms in total. The Labute approximate surface area is 204 Å². The Morgan fingerprint density at radius 2 is 1.61 bits per heavy atom. The quantitative estimate of drug-likeness (QED) is 0.276. The molecule has 0 N–H and O–H groups in total. The van der Waals surface area contributed by atoms with Crippen molar-refractivity contribution in [3.8, 4) is 11.5 Å². The van der Waals surface area contributed by atoms with Gasteiger partial charge in [0.1, 0.15) is 10.9 Å². The van der Waals surface area contributed by atoms with Gasteiger partial charge in [-0.1, -0.05) is 90.7 Å². The number of ether oxygens (including phenoxy) is 2. The number of carbonyl (C=O) groups excluding carboxylic acids is 1. The van der Waals surface area contributed by atoms with Crippen molar-refractivity contribution in [2.75, 3.05) is 13.2 Å². The van der Waals surface area contributed by atoms with Crippen molar-refractivity contribution in [2.45, 2.75) is 20.0 Å². The third-order valence-corrected chi connectivity index (χ3v) is 6.52. The summed E-state index contributed by atoms with van der Waals surface area (Å²) < 4.78 is 12.4. The number of rotatable bonds is 9. The van der Waals surface area contributed by atoms with Gasteiger partial charge in [0.05, 0.1) is 11.5 Å². The Bertz CT molecular complexity index is 1150. The second-order valence-electron chi connectivity index (χ2n) is 7.48. The Morgan fingerprint density at radius 1 is 0.909 bits per heavy atom. The molecular weight excluding hydrogens is 450 g/mol. The van der Waals surface area contributed by atoms with Crippen LogP contribution < -0.4 is 9.47 Å². The maximum Gasteiger partial charge on any atom is 0.266 e. The molecule has 1 amide bonds. The van der Waals surface area contributed by atoms with Gasteiger partial charge in [-0.2, -0.15) is 0 Å². The monoisotopic (exact) mass is 475 g/mol. The van der Waals surface area contributed by atoms with E-state index in [0.717, 1.165) is 17.5 Å². The number of nitrogens with zero attached hydrogens (tertiary/aromatic N) is 1. The summed E-state index contributed by atoms with van der Waals surface area (Å²) in [5.41, 5.74) is 3.14. The highest BCUT2D eigenvalue weighted by molar-refractivity contribution is 8.26. The molecule has 1 saturated heterocycles. The fourth-order valence-electron chi connectivity index (χ4n) is 3.47. The van der Waals surface area contributed by atoms with E-state index in [2.05, 4.69) is 12.1 Å². The third kappa shape index (κ3) is 6.03. The lowest BCUT2D eigenvalue weighted by Crippen LogP contribution is -2.30. The first-order valence-corrected chi connectivity index (χ1v) is 12.1. The molecule has 1 heterocycles. The molecule has 168 valence electrons. The van der Waals surface area contributed by atoms with Crippen LogP contribution in [0.2, 0.25) is 0 Å². The standard InChI is InChI=1S/C27H25NO3S2/c1-2-30-24-17-22(13-14-23(24)31-19-21-11-7-4-8-12-21)18-25-26(29)28(27(32)33-25)16-15-20-9-5-3-6-10-20/h3-14,17-18H,2,15-16,19H2,1H3/b25-18-. The van der Waals surface area contributed by atoms with Crippen LogP contribution in [0.4, 0.5) is 0 Å². The molecule has 3 aromatic carbocycles. The number of thioether (sulfide) groups is 1. The topological polar surface area (TPSA) is 38.8 Å². The van der Waals surface area contributed by atoms with Gasteiger partial charge in [-0.05, 0) is 48.2 Å². The van der Waals surface area contributed by atoms with Gasteiger partial charge in [-0.3, -0.25) is 9.69 Å². The lowest BCUT2D eigenvalue weighted by atomic mass is 10.1. The Morgan fingerprint density at radius 3 is 2.30 bits per heavy atom. The van der Waals surface area contributed by atoms with Crippen LogP contribution in [0.25, 0.3) is 6.08 Å². The second kappa shape index (κ2) is 11.2. The maximum atomic E-state index is 13.0. The maximum absolute atomic E-state index is 13.0. The van der Waals surface area contributed by atoms with Gasteiger partial charge in [-0.25, -0.2) is 0 Å². The van der Waals surface area contributed by atoms with E-state index < -0.39 is 0 Å². The average molecular weight is 476 g/mol. The summed E-state index contributed by atoms with van der Waals surface area (Å²) in [5.74, 6) is 1.28. The minimum Gasteiger partial charge on any atom is -0.490 e. The molecule has 0 radical (unpaired) electrons. The number of amides is 1. The highest BCUT2D eigenvalue weighted by Crippen LogP contribution is 2.35. The fraction of sp³-hybridized carbons (Fsp3) is 0.185. The van der Waals surface area contributed by atoms with Crippen molar-refractivity contribution in [3.63, 3.8) is 0 Å². The summed E-state index contributed by atoms with van der Waals surface area (Å²) in [4.78, 5) is 15.3. The minimum absolute atomic E-state index is 0.0525. The molecular formula is C27H25NO3S2. The van der Waals surface area contributed by atoms with Gasteiger partial charge < -0.3 is 9.47 Å². The van der Waals surface area contributed by atoms with E-state index in [0.29, 0.717) is 40.5 Å². The summed E-state index contributed by atoms with van der Waals surface area (Å²) in [6.07, 6.45) is 2.63. The van der Waals surface area contributed by atoms with Gasteiger partial charge in [0.15, 0.2) is 11.5 Å². The number of carbonyl (C=O) groups is 1. The molecule has 0 saturated carbocycles. The number of thiocarbonyl (C=S) groups is 1. The van der Waals surface area contributed by atoms with Gasteiger partial charge >= 0.3 is 0 Å². The van der Waals surface area contributed by atoms with Crippen molar-refractivity contribution in [2.24, 2.45) is 0 Å². The molecule has 6 heteroatoms. The molecule has 0 bridgehead atoms. The van der Waals surface area contributed by atoms with Crippen molar-refractivity contribution in [1.82, 2.24) is 4.90 Å². The van der Waals surface area contributed by atoms with Crippen LogP contribution in [-0.4, -0.2) is 28.3 Å². The Balaban J connectivity index is 1.46.